The number of guanidine groups is 1. The van der Waals surface area contributed by atoms with E-state index in [1.165, 1.54) is 25.7 Å². The molecule has 5 nitrogen and oxygen atoms in total. The molecule has 27 heavy (non-hydrogen) atoms. The maximum Gasteiger partial charge on any atom is 0.191 e. The number of hydrogen-bond donors (Lipinski definition) is 2. The second-order valence-corrected chi connectivity index (χ2v) is 8.08. The molecule has 4 atom stereocenters. The van der Waals surface area contributed by atoms with Crippen LogP contribution < -0.4 is 10.6 Å². The first-order valence-electron chi connectivity index (χ1n) is 9.81. The Hall–Kier alpha value is -1.28. The van der Waals surface area contributed by atoms with Gasteiger partial charge in [-0.25, -0.2) is 0 Å². The maximum absolute atomic E-state index is 6.02. The molecule has 3 aliphatic rings. The normalized spacial score (nSPS) is 29.4. The van der Waals surface area contributed by atoms with Crippen molar-refractivity contribution in [2.45, 2.75) is 50.8 Å². The Labute approximate surface area is 177 Å². The number of ether oxygens (including phenoxy) is 1. The Balaban J connectivity index is 0.00000180. The number of furan rings is 1. The van der Waals surface area contributed by atoms with Gasteiger partial charge in [0.05, 0.1) is 12.1 Å². The summed E-state index contributed by atoms with van der Waals surface area (Å²) in [6.07, 6.45) is 5.52. The molecule has 146 valence electrons. The number of nitrogens with one attached hydrogen (secondary N) is 2. The van der Waals surface area contributed by atoms with Crippen LogP contribution in [0.2, 0.25) is 0 Å². The Bertz CT molecular complexity index is 812. The third-order valence-electron chi connectivity index (χ3n) is 6.78. The molecule has 2 N–H and O–H groups in total. The van der Waals surface area contributed by atoms with Gasteiger partial charge in [-0.2, -0.15) is 0 Å². The van der Waals surface area contributed by atoms with Gasteiger partial charge in [0.25, 0.3) is 0 Å². The SMILES string of the molecule is CN=C(NC(C)c1cc2ccccc2o1)NC1C2CCOC2C12CCC2.I. The van der Waals surface area contributed by atoms with Crippen LogP contribution in [-0.2, 0) is 4.74 Å². The average molecular weight is 481 g/mol. The van der Waals surface area contributed by atoms with Gasteiger partial charge in [-0.15, -0.1) is 24.0 Å². The fraction of sp³-hybridized carbons (Fsp3) is 0.571. The van der Waals surface area contributed by atoms with Crippen LogP contribution in [0, 0.1) is 11.3 Å². The van der Waals surface area contributed by atoms with E-state index in [9.17, 15) is 0 Å². The molecule has 0 bridgehead atoms. The van der Waals surface area contributed by atoms with Gasteiger partial charge in [0.2, 0.25) is 0 Å². The summed E-state index contributed by atoms with van der Waals surface area (Å²) < 4.78 is 12.0. The van der Waals surface area contributed by atoms with Crippen molar-refractivity contribution in [3.8, 4) is 0 Å². The summed E-state index contributed by atoms with van der Waals surface area (Å²) in [5.41, 5.74) is 1.28. The molecule has 2 saturated carbocycles. The van der Waals surface area contributed by atoms with E-state index >= 15 is 0 Å². The van der Waals surface area contributed by atoms with Gasteiger partial charge in [-0.05, 0) is 38.3 Å². The quantitative estimate of drug-likeness (QED) is 0.392. The first-order valence-corrected chi connectivity index (χ1v) is 9.81. The van der Waals surface area contributed by atoms with Gasteiger partial charge in [-0.1, -0.05) is 24.6 Å². The molecule has 6 heteroatoms. The maximum atomic E-state index is 6.02. The van der Waals surface area contributed by atoms with Crippen molar-refractivity contribution in [1.82, 2.24) is 10.6 Å². The lowest BCUT2D eigenvalue weighted by atomic mass is 9.46. The molecule has 2 aromatic rings. The molecule has 1 saturated heterocycles. The van der Waals surface area contributed by atoms with Crippen LogP contribution >= 0.6 is 24.0 Å². The van der Waals surface area contributed by atoms with Crippen LogP contribution in [-0.4, -0.2) is 31.8 Å². The van der Waals surface area contributed by atoms with Crippen molar-refractivity contribution < 1.29 is 9.15 Å². The number of rotatable bonds is 3. The molecule has 1 aromatic carbocycles. The third-order valence-corrected chi connectivity index (χ3v) is 6.78. The van der Waals surface area contributed by atoms with Crippen molar-refractivity contribution in [3.05, 3.63) is 36.1 Å². The van der Waals surface area contributed by atoms with E-state index in [0.29, 0.717) is 23.5 Å². The second kappa shape index (κ2) is 7.28. The van der Waals surface area contributed by atoms with Gasteiger partial charge in [-0.3, -0.25) is 4.99 Å². The Morgan fingerprint density at radius 3 is 2.81 bits per heavy atom. The highest BCUT2D eigenvalue weighted by molar-refractivity contribution is 14.0. The summed E-state index contributed by atoms with van der Waals surface area (Å²) in [6, 6.07) is 10.8. The molecule has 1 aliphatic heterocycles. The van der Waals surface area contributed by atoms with E-state index in [1.807, 2.05) is 25.2 Å². The molecule has 0 radical (unpaired) electrons. The number of para-hydroxylation sites is 1. The van der Waals surface area contributed by atoms with Crippen LogP contribution in [0.25, 0.3) is 11.0 Å². The predicted octanol–water partition coefficient (Wildman–Crippen LogP) is 4.23. The minimum Gasteiger partial charge on any atom is -0.459 e. The Morgan fingerprint density at radius 1 is 1.30 bits per heavy atom. The van der Waals surface area contributed by atoms with Gasteiger partial charge < -0.3 is 19.8 Å². The number of nitrogens with zero attached hydrogens (tertiary/aromatic N) is 1. The monoisotopic (exact) mass is 481 g/mol. The van der Waals surface area contributed by atoms with E-state index in [4.69, 9.17) is 9.15 Å². The lowest BCUT2D eigenvalue weighted by Gasteiger charge is -2.63. The highest BCUT2D eigenvalue weighted by Gasteiger charge is 2.66. The van der Waals surface area contributed by atoms with Gasteiger partial charge in [0, 0.05) is 36.4 Å². The lowest BCUT2D eigenvalue weighted by molar-refractivity contribution is -0.171. The molecular weight excluding hydrogens is 453 g/mol. The van der Waals surface area contributed by atoms with Gasteiger partial charge in [0.15, 0.2) is 5.96 Å². The van der Waals surface area contributed by atoms with Crippen LogP contribution in [0.1, 0.15) is 44.4 Å². The van der Waals surface area contributed by atoms with Crippen LogP contribution in [0.15, 0.2) is 39.7 Å². The lowest BCUT2D eigenvalue weighted by Crippen LogP contribution is -2.72. The Kier molecular flexibility index (Phi) is 5.14. The van der Waals surface area contributed by atoms with Crippen LogP contribution in [0.3, 0.4) is 0 Å². The minimum atomic E-state index is 0. The van der Waals surface area contributed by atoms with Crippen LogP contribution in [0.5, 0.6) is 0 Å². The minimum absolute atomic E-state index is 0. The topological polar surface area (TPSA) is 58.8 Å². The molecule has 0 amide bonds. The van der Waals surface area contributed by atoms with Crippen molar-refractivity contribution in [3.63, 3.8) is 0 Å². The number of halogens is 1. The van der Waals surface area contributed by atoms with Gasteiger partial charge >= 0.3 is 0 Å². The van der Waals surface area contributed by atoms with Crippen molar-refractivity contribution in [1.29, 1.82) is 0 Å². The van der Waals surface area contributed by atoms with Crippen LogP contribution in [0.4, 0.5) is 0 Å². The molecule has 4 unspecified atom stereocenters. The molecule has 2 heterocycles. The molecule has 3 fully saturated rings. The molecule has 2 aliphatic carbocycles. The van der Waals surface area contributed by atoms with Gasteiger partial charge in [0.1, 0.15) is 11.3 Å². The summed E-state index contributed by atoms with van der Waals surface area (Å²) in [5, 5.41) is 8.37. The van der Waals surface area contributed by atoms with E-state index in [0.717, 1.165) is 29.3 Å². The van der Waals surface area contributed by atoms with Crippen molar-refractivity contribution in [2.24, 2.45) is 16.3 Å². The third kappa shape index (κ3) is 2.95. The summed E-state index contributed by atoms with van der Waals surface area (Å²) in [4.78, 5) is 4.48. The number of fused-ring (bicyclic) bond motifs is 3. The predicted molar refractivity (Wildman–Crippen MR) is 118 cm³/mol. The number of aliphatic imine (C=N–C) groups is 1. The first kappa shape index (κ1) is 19.1. The zero-order valence-electron chi connectivity index (χ0n) is 15.9. The summed E-state index contributed by atoms with van der Waals surface area (Å²) in [5.74, 6) is 2.43. The molecule has 5 rings (SSSR count). The molecule has 1 aromatic heterocycles. The second-order valence-electron chi connectivity index (χ2n) is 8.08. The van der Waals surface area contributed by atoms with Crippen molar-refractivity contribution in [2.75, 3.05) is 13.7 Å². The average Bonchev–Trinajstić information content (AvgIpc) is 3.22. The highest BCUT2D eigenvalue weighted by Crippen LogP contribution is 2.62. The highest BCUT2D eigenvalue weighted by atomic mass is 127. The summed E-state index contributed by atoms with van der Waals surface area (Å²) in [7, 11) is 1.84. The van der Waals surface area contributed by atoms with E-state index in [-0.39, 0.29) is 30.0 Å². The Morgan fingerprint density at radius 2 is 2.11 bits per heavy atom. The number of hydrogen-bond acceptors (Lipinski definition) is 3. The zero-order chi connectivity index (χ0) is 17.7. The van der Waals surface area contributed by atoms with E-state index < -0.39 is 0 Å². The van der Waals surface area contributed by atoms with E-state index in [1.54, 1.807) is 0 Å². The fourth-order valence-corrected chi connectivity index (χ4v) is 5.27. The fourth-order valence-electron chi connectivity index (χ4n) is 5.27. The molecular formula is C21H28IN3O2. The van der Waals surface area contributed by atoms with E-state index in [2.05, 4.69) is 34.7 Å². The largest absolute Gasteiger partial charge is 0.459 e. The number of benzene rings is 1. The first-order chi connectivity index (χ1) is 12.7. The van der Waals surface area contributed by atoms with Crippen molar-refractivity contribution >= 4 is 40.9 Å². The summed E-state index contributed by atoms with van der Waals surface area (Å²) >= 11 is 0. The zero-order valence-corrected chi connectivity index (χ0v) is 18.2. The smallest absolute Gasteiger partial charge is 0.191 e. The standard InChI is InChI=1S/C21H27N3O2.HI/c1-13(17-12-14-6-3-4-7-16(14)26-17)23-20(22-2)24-18-15-8-11-25-19(15)21(18)9-5-10-21;/h3-4,6-7,12-13,15,18-19H,5,8-11H2,1-2H3,(H2,22,23,24);1H. The molecule has 1 spiro atoms. The summed E-state index contributed by atoms with van der Waals surface area (Å²) in [6.45, 7) is 3.03.